The largest absolute Gasteiger partial charge is 0.494 e. The highest BCUT2D eigenvalue weighted by Crippen LogP contribution is 2.21. The van der Waals surface area contributed by atoms with E-state index < -0.39 is 6.10 Å². The summed E-state index contributed by atoms with van der Waals surface area (Å²) in [5, 5.41) is 10.3. The molecule has 1 aliphatic rings. The molecule has 1 aromatic rings. The first kappa shape index (κ1) is 16.3. The molecule has 118 valence electrons. The average Bonchev–Trinajstić information content (AvgIpc) is 2.54. The van der Waals surface area contributed by atoms with Gasteiger partial charge in [-0.15, -0.1) is 0 Å². The SMILES string of the molecule is CCCCOc1ccc(C(O)CCN2CCOCC2)cc1. The molecule has 1 N–H and O–H groups in total. The van der Waals surface area contributed by atoms with Crippen LogP contribution in [0.4, 0.5) is 0 Å². The molecule has 1 fully saturated rings. The Balaban J connectivity index is 1.74. The second kappa shape index (κ2) is 9.03. The second-order valence-electron chi connectivity index (χ2n) is 5.53. The molecule has 0 aliphatic carbocycles. The normalized spacial score (nSPS) is 17.6. The quantitative estimate of drug-likeness (QED) is 0.748. The van der Waals surface area contributed by atoms with E-state index in [1.807, 2.05) is 24.3 Å². The number of benzene rings is 1. The molecule has 21 heavy (non-hydrogen) atoms. The van der Waals surface area contributed by atoms with Gasteiger partial charge in [-0.1, -0.05) is 25.5 Å². The van der Waals surface area contributed by atoms with Crippen molar-refractivity contribution in [2.24, 2.45) is 0 Å². The molecule has 0 radical (unpaired) electrons. The lowest BCUT2D eigenvalue weighted by Gasteiger charge is -2.27. The molecular formula is C17H27NO3. The number of nitrogens with zero attached hydrogens (tertiary/aromatic N) is 1. The molecule has 0 amide bonds. The summed E-state index contributed by atoms with van der Waals surface area (Å²) >= 11 is 0. The Bertz CT molecular complexity index is 388. The van der Waals surface area contributed by atoms with Crippen molar-refractivity contribution in [3.63, 3.8) is 0 Å². The van der Waals surface area contributed by atoms with E-state index in [-0.39, 0.29) is 0 Å². The predicted molar refractivity (Wildman–Crippen MR) is 83.7 cm³/mol. The first-order valence-corrected chi connectivity index (χ1v) is 8.00. The number of unbranched alkanes of at least 4 members (excludes halogenated alkanes) is 1. The van der Waals surface area contributed by atoms with Gasteiger partial charge in [-0.25, -0.2) is 0 Å². The third-order valence-electron chi connectivity index (χ3n) is 3.85. The van der Waals surface area contributed by atoms with Crippen LogP contribution in [-0.4, -0.2) is 49.5 Å². The van der Waals surface area contributed by atoms with Crippen LogP contribution >= 0.6 is 0 Å². The van der Waals surface area contributed by atoms with Gasteiger partial charge in [0.1, 0.15) is 5.75 Å². The first-order valence-electron chi connectivity index (χ1n) is 8.00. The summed E-state index contributed by atoms with van der Waals surface area (Å²) in [6, 6.07) is 7.82. The van der Waals surface area contributed by atoms with Crippen LogP contribution in [0.2, 0.25) is 0 Å². The summed E-state index contributed by atoms with van der Waals surface area (Å²) in [5.41, 5.74) is 0.964. The summed E-state index contributed by atoms with van der Waals surface area (Å²) in [6.07, 6.45) is 2.57. The molecule has 1 heterocycles. The zero-order valence-electron chi connectivity index (χ0n) is 13.0. The lowest BCUT2D eigenvalue weighted by molar-refractivity contribution is 0.0300. The highest BCUT2D eigenvalue weighted by atomic mass is 16.5. The molecule has 4 heteroatoms. The minimum Gasteiger partial charge on any atom is -0.494 e. The molecule has 4 nitrogen and oxygen atoms in total. The standard InChI is InChI=1S/C17H27NO3/c1-2-3-12-21-16-6-4-15(5-7-16)17(19)8-9-18-10-13-20-14-11-18/h4-7,17,19H,2-3,8-14H2,1H3. The highest BCUT2D eigenvalue weighted by Gasteiger charge is 2.13. The molecule has 0 bridgehead atoms. The zero-order valence-corrected chi connectivity index (χ0v) is 13.0. The fourth-order valence-electron chi connectivity index (χ4n) is 2.42. The van der Waals surface area contributed by atoms with E-state index in [4.69, 9.17) is 9.47 Å². The van der Waals surface area contributed by atoms with E-state index in [1.165, 1.54) is 0 Å². The number of rotatable bonds is 8. The van der Waals surface area contributed by atoms with Crippen LogP contribution in [0.25, 0.3) is 0 Å². The van der Waals surface area contributed by atoms with E-state index in [0.717, 1.165) is 70.0 Å². The van der Waals surface area contributed by atoms with Gasteiger partial charge in [0.25, 0.3) is 0 Å². The molecule has 0 saturated carbocycles. The van der Waals surface area contributed by atoms with Crippen LogP contribution in [0.5, 0.6) is 5.75 Å². The fraction of sp³-hybridized carbons (Fsp3) is 0.647. The predicted octanol–water partition coefficient (Wildman–Crippen LogP) is 2.62. The van der Waals surface area contributed by atoms with E-state index in [9.17, 15) is 5.11 Å². The Morgan fingerprint density at radius 3 is 2.62 bits per heavy atom. The average molecular weight is 293 g/mol. The van der Waals surface area contributed by atoms with Gasteiger partial charge in [0, 0.05) is 19.6 Å². The van der Waals surface area contributed by atoms with Crippen LogP contribution in [-0.2, 0) is 4.74 Å². The number of ether oxygens (including phenoxy) is 2. The summed E-state index contributed by atoms with van der Waals surface area (Å²) in [4.78, 5) is 2.34. The third kappa shape index (κ3) is 5.65. The van der Waals surface area contributed by atoms with Crippen molar-refractivity contribution in [1.29, 1.82) is 0 Å². The molecule has 1 unspecified atom stereocenters. The minimum absolute atomic E-state index is 0.405. The van der Waals surface area contributed by atoms with Crippen molar-refractivity contribution < 1.29 is 14.6 Å². The summed E-state index contributed by atoms with van der Waals surface area (Å²) in [7, 11) is 0. The van der Waals surface area contributed by atoms with Crippen molar-refractivity contribution in [3.8, 4) is 5.75 Å². The van der Waals surface area contributed by atoms with Crippen LogP contribution in [0.15, 0.2) is 24.3 Å². The Hall–Kier alpha value is -1.10. The lowest BCUT2D eigenvalue weighted by atomic mass is 10.1. The van der Waals surface area contributed by atoms with Gasteiger partial charge < -0.3 is 14.6 Å². The van der Waals surface area contributed by atoms with Crippen molar-refractivity contribution in [2.75, 3.05) is 39.5 Å². The van der Waals surface area contributed by atoms with Crippen LogP contribution in [0.3, 0.4) is 0 Å². The maximum absolute atomic E-state index is 10.3. The molecule has 1 aromatic carbocycles. The summed E-state index contributed by atoms with van der Waals surface area (Å²) in [6.45, 7) is 7.37. The van der Waals surface area contributed by atoms with E-state index in [2.05, 4.69) is 11.8 Å². The van der Waals surface area contributed by atoms with Crippen molar-refractivity contribution in [2.45, 2.75) is 32.3 Å². The monoisotopic (exact) mass is 293 g/mol. The highest BCUT2D eigenvalue weighted by molar-refractivity contribution is 5.28. The molecule has 1 aliphatic heterocycles. The first-order chi connectivity index (χ1) is 10.3. The zero-order chi connectivity index (χ0) is 14.9. The molecule has 0 aromatic heterocycles. The minimum atomic E-state index is -0.405. The molecule has 1 atom stereocenters. The van der Waals surface area contributed by atoms with Gasteiger partial charge in [-0.05, 0) is 30.5 Å². The smallest absolute Gasteiger partial charge is 0.119 e. The van der Waals surface area contributed by atoms with Gasteiger partial charge in [-0.3, -0.25) is 4.90 Å². The Morgan fingerprint density at radius 2 is 1.95 bits per heavy atom. The van der Waals surface area contributed by atoms with Crippen LogP contribution < -0.4 is 4.74 Å². The van der Waals surface area contributed by atoms with Gasteiger partial charge >= 0.3 is 0 Å². The fourth-order valence-corrected chi connectivity index (χ4v) is 2.42. The number of hydrogen-bond acceptors (Lipinski definition) is 4. The topological polar surface area (TPSA) is 41.9 Å². The second-order valence-corrected chi connectivity index (χ2v) is 5.53. The van der Waals surface area contributed by atoms with Crippen molar-refractivity contribution >= 4 is 0 Å². The molecule has 0 spiro atoms. The van der Waals surface area contributed by atoms with Crippen LogP contribution in [0.1, 0.15) is 37.9 Å². The Kier molecular flexibility index (Phi) is 7.00. The van der Waals surface area contributed by atoms with E-state index >= 15 is 0 Å². The molecule has 2 rings (SSSR count). The maximum atomic E-state index is 10.3. The Morgan fingerprint density at radius 1 is 1.24 bits per heavy atom. The summed E-state index contributed by atoms with van der Waals surface area (Å²) < 4.78 is 11.0. The summed E-state index contributed by atoms with van der Waals surface area (Å²) in [5.74, 6) is 0.882. The van der Waals surface area contributed by atoms with Gasteiger partial charge in [-0.2, -0.15) is 0 Å². The number of aliphatic hydroxyl groups excluding tert-OH is 1. The lowest BCUT2D eigenvalue weighted by Crippen LogP contribution is -2.37. The molecule has 1 saturated heterocycles. The maximum Gasteiger partial charge on any atom is 0.119 e. The Labute approximate surface area is 127 Å². The number of morpholine rings is 1. The van der Waals surface area contributed by atoms with Gasteiger partial charge in [0.15, 0.2) is 0 Å². The van der Waals surface area contributed by atoms with Crippen molar-refractivity contribution in [3.05, 3.63) is 29.8 Å². The van der Waals surface area contributed by atoms with Crippen molar-refractivity contribution in [1.82, 2.24) is 4.90 Å². The van der Waals surface area contributed by atoms with Gasteiger partial charge in [0.05, 0.1) is 25.9 Å². The third-order valence-corrected chi connectivity index (χ3v) is 3.85. The number of aliphatic hydroxyl groups is 1. The van der Waals surface area contributed by atoms with Gasteiger partial charge in [0.2, 0.25) is 0 Å². The van der Waals surface area contributed by atoms with E-state index in [0.29, 0.717) is 0 Å². The number of hydrogen-bond donors (Lipinski definition) is 1. The van der Waals surface area contributed by atoms with Crippen LogP contribution in [0, 0.1) is 0 Å². The molecular weight excluding hydrogens is 266 g/mol. The van der Waals surface area contributed by atoms with E-state index in [1.54, 1.807) is 0 Å².